The van der Waals surface area contributed by atoms with Crippen molar-refractivity contribution in [2.24, 2.45) is 5.92 Å². The van der Waals surface area contributed by atoms with Crippen molar-refractivity contribution in [2.45, 2.75) is 71.7 Å². The molecule has 7 heteroatoms. The van der Waals surface area contributed by atoms with Crippen molar-refractivity contribution < 1.29 is 33.7 Å². The van der Waals surface area contributed by atoms with Gasteiger partial charge in [-0.1, -0.05) is 0 Å². The molecule has 134 valence electrons. The first kappa shape index (κ1) is 21.4. The number of rotatable bonds is 6. The number of carbonyl (C=O) groups is 3. The van der Waals surface area contributed by atoms with Crippen LogP contribution in [0.3, 0.4) is 0 Å². The Kier molecular flexibility index (Phi) is 7.70. The van der Waals surface area contributed by atoms with E-state index < -0.39 is 41.1 Å². The van der Waals surface area contributed by atoms with Crippen LogP contribution in [0.25, 0.3) is 0 Å². The van der Waals surface area contributed by atoms with E-state index in [1.807, 2.05) is 0 Å². The molecule has 1 atom stereocenters. The highest BCUT2D eigenvalue weighted by molar-refractivity contribution is 5.95. The maximum Gasteiger partial charge on any atom is 0.334 e. The third-order valence-corrected chi connectivity index (χ3v) is 2.58. The van der Waals surface area contributed by atoms with E-state index in [4.69, 9.17) is 9.47 Å². The molecule has 0 radical (unpaired) electrons. The van der Waals surface area contributed by atoms with Crippen LogP contribution in [0, 0.1) is 5.92 Å². The first-order valence-corrected chi connectivity index (χ1v) is 7.48. The molecule has 0 aliphatic carbocycles. The number of hydrogen-bond donors (Lipinski definition) is 1. The molecule has 1 N–H and O–H groups in total. The number of ether oxygens (including phenoxy) is 3. The van der Waals surface area contributed by atoms with Crippen molar-refractivity contribution in [3.05, 3.63) is 0 Å². The van der Waals surface area contributed by atoms with Gasteiger partial charge < -0.3 is 19.3 Å². The van der Waals surface area contributed by atoms with E-state index in [1.54, 1.807) is 41.5 Å². The topological polar surface area (TPSA) is 99.1 Å². The second-order valence-corrected chi connectivity index (χ2v) is 7.24. The molecule has 0 aromatic heterocycles. The lowest BCUT2D eigenvalue weighted by molar-refractivity contribution is -0.175. The van der Waals surface area contributed by atoms with Crippen molar-refractivity contribution in [2.75, 3.05) is 7.11 Å². The Morgan fingerprint density at radius 3 is 1.52 bits per heavy atom. The van der Waals surface area contributed by atoms with E-state index >= 15 is 0 Å². The Labute approximate surface area is 137 Å². The zero-order chi connectivity index (χ0) is 18.4. The van der Waals surface area contributed by atoms with Crippen molar-refractivity contribution in [3.63, 3.8) is 0 Å². The molecule has 0 saturated heterocycles. The lowest BCUT2D eigenvalue weighted by Crippen LogP contribution is -2.37. The molecule has 0 rings (SSSR count). The second kappa shape index (κ2) is 8.29. The largest absolute Gasteiger partial charge is 0.467 e. The Bertz CT molecular complexity index is 401. The van der Waals surface area contributed by atoms with Crippen LogP contribution in [0.2, 0.25) is 0 Å². The maximum atomic E-state index is 12.2. The summed E-state index contributed by atoms with van der Waals surface area (Å²) in [6, 6.07) is 0. The van der Waals surface area contributed by atoms with E-state index in [-0.39, 0.29) is 12.8 Å². The molecule has 0 amide bonds. The Morgan fingerprint density at radius 1 is 0.826 bits per heavy atom. The summed E-state index contributed by atoms with van der Waals surface area (Å²) in [4.78, 5) is 35.7. The van der Waals surface area contributed by atoms with Crippen LogP contribution in [0.4, 0.5) is 0 Å². The Balaban J connectivity index is 5.04. The minimum absolute atomic E-state index is 0.0832. The van der Waals surface area contributed by atoms with E-state index in [0.29, 0.717) is 0 Å². The minimum Gasteiger partial charge on any atom is -0.467 e. The van der Waals surface area contributed by atoms with Crippen molar-refractivity contribution >= 4 is 17.9 Å². The quantitative estimate of drug-likeness (QED) is 0.448. The number of methoxy groups -OCH3 is 1. The molecule has 0 fully saturated rings. The van der Waals surface area contributed by atoms with Crippen LogP contribution in [0.15, 0.2) is 0 Å². The molecule has 0 aromatic carbocycles. The third kappa shape index (κ3) is 9.18. The lowest BCUT2D eigenvalue weighted by atomic mass is 10.00. The van der Waals surface area contributed by atoms with Crippen LogP contribution >= 0.6 is 0 Å². The molecule has 0 aromatic rings. The molecular formula is C16H28O7. The minimum atomic E-state index is -1.41. The number of aliphatic hydroxyl groups excluding tert-OH is 1. The van der Waals surface area contributed by atoms with Crippen LogP contribution in [0.1, 0.15) is 54.4 Å². The second-order valence-electron chi connectivity index (χ2n) is 7.24. The molecule has 0 bridgehead atoms. The van der Waals surface area contributed by atoms with E-state index in [0.717, 1.165) is 7.11 Å². The highest BCUT2D eigenvalue weighted by Crippen LogP contribution is 2.20. The number of aliphatic hydroxyl groups is 1. The molecule has 0 heterocycles. The highest BCUT2D eigenvalue weighted by Gasteiger charge is 2.35. The summed E-state index contributed by atoms with van der Waals surface area (Å²) < 4.78 is 14.8. The number of carbonyl (C=O) groups excluding carboxylic acids is 3. The molecule has 0 aliphatic heterocycles. The van der Waals surface area contributed by atoms with Gasteiger partial charge in [-0.05, 0) is 54.4 Å². The Morgan fingerprint density at radius 2 is 1.22 bits per heavy atom. The average Bonchev–Trinajstić information content (AvgIpc) is 2.33. The van der Waals surface area contributed by atoms with E-state index in [1.165, 1.54) is 0 Å². The van der Waals surface area contributed by atoms with Crippen molar-refractivity contribution in [3.8, 4) is 0 Å². The summed E-state index contributed by atoms with van der Waals surface area (Å²) in [5, 5.41) is 9.62. The van der Waals surface area contributed by atoms with Crippen molar-refractivity contribution in [1.82, 2.24) is 0 Å². The summed E-state index contributed by atoms with van der Waals surface area (Å²) >= 11 is 0. The molecule has 23 heavy (non-hydrogen) atoms. The first-order valence-electron chi connectivity index (χ1n) is 7.48. The van der Waals surface area contributed by atoms with Gasteiger partial charge >= 0.3 is 17.9 Å². The third-order valence-electron chi connectivity index (χ3n) is 2.58. The molecule has 7 nitrogen and oxygen atoms in total. The SMILES string of the molecule is COC(=O)C(O)CCC(C(=O)OC(C)(C)C)C(=O)OC(C)(C)C. The van der Waals surface area contributed by atoms with Gasteiger partial charge in [0.25, 0.3) is 0 Å². The monoisotopic (exact) mass is 332 g/mol. The summed E-state index contributed by atoms with van der Waals surface area (Å²) in [5.41, 5.74) is -1.53. The summed E-state index contributed by atoms with van der Waals surface area (Å²) in [6.45, 7) is 10.1. The van der Waals surface area contributed by atoms with Crippen LogP contribution in [-0.2, 0) is 28.6 Å². The zero-order valence-corrected chi connectivity index (χ0v) is 15.0. The predicted octanol–water partition coefficient (Wildman–Crippen LogP) is 1.60. The molecule has 0 spiro atoms. The number of esters is 3. The lowest BCUT2D eigenvalue weighted by Gasteiger charge is -2.26. The van der Waals surface area contributed by atoms with E-state index in [2.05, 4.69) is 4.74 Å². The fraction of sp³-hybridized carbons (Fsp3) is 0.812. The van der Waals surface area contributed by atoms with Gasteiger partial charge in [-0.2, -0.15) is 0 Å². The van der Waals surface area contributed by atoms with Crippen molar-refractivity contribution in [1.29, 1.82) is 0 Å². The van der Waals surface area contributed by atoms with Gasteiger partial charge in [-0.15, -0.1) is 0 Å². The van der Waals surface area contributed by atoms with Gasteiger partial charge in [-0.25, -0.2) is 4.79 Å². The summed E-state index contributed by atoms with van der Waals surface area (Å²) in [5.74, 6) is -3.53. The van der Waals surface area contributed by atoms with Crippen LogP contribution in [-0.4, -0.2) is 47.4 Å². The fourth-order valence-corrected chi connectivity index (χ4v) is 1.66. The highest BCUT2D eigenvalue weighted by atomic mass is 16.6. The van der Waals surface area contributed by atoms with Gasteiger partial charge in [0.05, 0.1) is 7.11 Å². The number of hydrogen-bond acceptors (Lipinski definition) is 7. The smallest absolute Gasteiger partial charge is 0.334 e. The molecule has 0 aliphatic rings. The van der Waals surface area contributed by atoms with Gasteiger partial charge in [0.15, 0.2) is 12.0 Å². The molecular weight excluding hydrogens is 304 g/mol. The molecule has 1 unspecified atom stereocenters. The van der Waals surface area contributed by atoms with Gasteiger partial charge in [0.1, 0.15) is 11.2 Å². The van der Waals surface area contributed by atoms with Gasteiger partial charge in [0.2, 0.25) is 0 Å². The standard InChI is InChI=1S/C16H28O7/c1-15(2,3)22-12(18)10(13(19)23-16(4,5)6)8-9-11(17)14(20)21-7/h10-11,17H,8-9H2,1-7H3. The normalized spacial score (nSPS) is 13.4. The van der Waals surface area contributed by atoms with Gasteiger partial charge in [-0.3, -0.25) is 9.59 Å². The van der Waals surface area contributed by atoms with Crippen LogP contribution < -0.4 is 0 Å². The fourth-order valence-electron chi connectivity index (χ4n) is 1.66. The predicted molar refractivity (Wildman–Crippen MR) is 82.4 cm³/mol. The summed E-state index contributed by atoms with van der Waals surface area (Å²) in [6.07, 6.45) is -1.61. The molecule has 0 saturated carbocycles. The summed E-state index contributed by atoms with van der Waals surface area (Å²) in [7, 11) is 1.14. The van der Waals surface area contributed by atoms with Gasteiger partial charge in [0, 0.05) is 0 Å². The maximum absolute atomic E-state index is 12.2. The van der Waals surface area contributed by atoms with E-state index in [9.17, 15) is 19.5 Å². The first-order chi connectivity index (χ1) is 10.3. The average molecular weight is 332 g/mol. The zero-order valence-electron chi connectivity index (χ0n) is 15.0. The Hall–Kier alpha value is -1.63. The van der Waals surface area contributed by atoms with Crippen LogP contribution in [0.5, 0.6) is 0 Å².